The third-order valence-corrected chi connectivity index (χ3v) is 17.6. The van der Waals surface area contributed by atoms with E-state index in [2.05, 4.69) is 86.1 Å². The molecule has 58 heavy (non-hydrogen) atoms. The number of β-lactam (4-membered cyclic amide) rings is 1. The maximum atomic E-state index is 14.0. The van der Waals surface area contributed by atoms with Gasteiger partial charge in [-0.3, -0.25) is 14.5 Å². The van der Waals surface area contributed by atoms with Crippen molar-refractivity contribution in [2.24, 2.45) is 5.16 Å². The number of oxime groups is 1. The molecule has 6 rings (SSSR count). The van der Waals surface area contributed by atoms with Gasteiger partial charge in [-0.2, -0.15) is 0 Å². The molecule has 3 aromatic carbocycles. The van der Waals surface area contributed by atoms with Gasteiger partial charge in [0.1, 0.15) is 30.0 Å². The van der Waals surface area contributed by atoms with Gasteiger partial charge < -0.3 is 29.7 Å². The van der Waals surface area contributed by atoms with Crippen LogP contribution in [0.2, 0.25) is 18.1 Å². The van der Waals surface area contributed by atoms with Crippen molar-refractivity contribution in [3.8, 4) is 0 Å². The van der Waals surface area contributed by atoms with Crippen LogP contribution in [0.3, 0.4) is 0 Å². The Morgan fingerprint density at radius 1 is 0.931 bits per heavy atom. The summed E-state index contributed by atoms with van der Waals surface area (Å²) in [6, 6.07) is 28.4. The lowest BCUT2D eigenvalue weighted by Gasteiger charge is -2.58. The van der Waals surface area contributed by atoms with Crippen LogP contribution in [0.25, 0.3) is 0 Å². The molecule has 4 atom stereocenters. The van der Waals surface area contributed by atoms with Crippen LogP contribution >= 0.6 is 23.1 Å². The number of thioether (sulfide) groups is 1. The topological polar surface area (TPSA) is 152 Å². The van der Waals surface area contributed by atoms with Gasteiger partial charge in [0.25, 0.3) is 11.6 Å². The van der Waals surface area contributed by atoms with Gasteiger partial charge in [0.05, 0.1) is 17.9 Å². The number of anilines is 1. The summed E-state index contributed by atoms with van der Waals surface area (Å²) in [6.45, 7) is 15.6. The summed E-state index contributed by atoms with van der Waals surface area (Å²) in [5, 5.41) is 24.1. The molecule has 0 radical (unpaired) electrons. The second kappa shape index (κ2) is 16.6. The number of carbonyl (C=O) groups is 3. The number of nitrogens with one attached hydrogen (secondary N) is 2. The smallest absolute Gasteiger partial charge is 0.361 e. The Kier molecular flexibility index (Phi) is 12.3. The number of hydrogen-bond acceptors (Lipinski definition) is 12. The lowest BCUT2D eigenvalue weighted by atomic mass is 9.77. The minimum absolute atomic E-state index is 0.0371. The Morgan fingerprint density at radius 3 is 1.95 bits per heavy atom. The number of aliphatic hydroxyl groups is 1. The van der Waals surface area contributed by atoms with E-state index in [0.717, 1.165) is 21.6 Å². The molecule has 4 unspecified atom stereocenters. The minimum Gasteiger partial charge on any atom is -0.456 e. The molecule has 308 valence electrons. The van der Waals surface area contributed by atoms with Crippen LogP contribution in [0.5, 0.6) is 0 Å². The van der Waals surface area contributed by atoms with Gasteiger partial charge in [-0.25, -0.2) is 9.78 Å². The summed E-state index contributed by atoms with van der Waals surface area (Å²) in [5.41, 5.74) is -1.11. The third-order valence-electron chi connectivity index (χ3n) is 11.0. The molecule has 2 fully saturated rings. The van der Waals surface area contributed by atoms with Gasteiger partial charge in [0.15, 0.2) is 19.2 Å². The van der Waals surface area contributed by atoms with E-state index >= 15 is 0 Å². The van der Waals surface area contributed by atoms with Gasteiger partial charge in [-0.05, 0) is 55.6 Å². The SMILES string of the molecule is CON=C(C(=O)NC1C(=O)N2C1CSC(CO[Si](C)(C)C(C)(C)C)C2(O)C(=O)OC(C)(C)C)c1csc(NC(c2ccccc2)(c2ccccc2)c2ccccc2)n1. The van der Waals surface area contributed by atoms with E-state index in [9.17, 15) is 19.5 Å². The predicted molar refractivity (Wildman–Crippen MR) is 231 cm³/mol. The van der Waals surface area contributed by atoms with Gasteiger partial charge in [-0.1, -0.05) is 117 Å². The molecule has 2 aliphatic heterocycles. The van der Waals surface area contributed by atoms with E-state index in [1.165, 1.54) is 30.2 Å². The number of esters is 1. The van der Waals surface area contributed by atoms with Crippen molar-refractivity contribution in [1.29, 1.82) is 0 Å². The highest BCUT2D eigenvalue weighted by Crippen LogP contribution is 2.46. The number of carbonyl (C=O) groups excluding carboxylic acids is 3. The molecule has 12 nitrogen and oxygen atoms in total. The number of aromatic nitrogens is 1. The average molecular weight is 844 g/mol. The summed E-state index contributed by atoms with van der Waals surface area (Å²) in [7, 11) is -0.970. The van der Waals surface area contributed by atoms with E-state index < -0.39 is 60.3 Å². The van der Waals surface area contributed by atoms with Crippen LogP contribution < -0.4 is 10.6 Å². The molecule has 3 heterocycles. The van der Waals surface area contributed by atoms with Gasteiger partial charge in [-0.15, -0.1) is 23.1 Å². The summed E-state index contributed by atoms with van der Waals surface area (Å²) in [4.78, 5) is 53.0. The summed E-state index contributed by atoms with van der Waals surface area (Å²) < 4.78 is 12.2. The fourth-order valence-corrected chi connectivity index (χ4v) is 10.2. The van der Waals surface area contributed by atoms with Crippen LogP contribution in [-0.4, -0.2) is 94.9 Å². The van der Waals surface area contributed by atoms with E-state index in [1.54, 1.807) is 26.2 Å². The molecule has 4 aromatic rings. The zero-order valence-corrected chi connectivity index (χ0v) is 37.1. The minimum atomic E-state index is -2.33. The highest BCUT2D eigenvalue weighted by Gasteiger charge is 2.67. The monoisotopic (exact) mass is 843 g/mol. The first-order chi connectivity index (χ1) is 27.3. The Bertz CT molecular complexity index is 2030. The van der Waals surface area contributed by atoms with E-state index in [0.29, 0.717) is 10.9 Å². The number of fused-ring (bicyclic) bond motifs is 1. The fraction of sp³-hybridized carbons (Fsp3) is 0.419. The largest absolute Gasteiger partial charge is 0.456 e. The molecule has 3 N–H and O–H groups in total. The molecular formula is C43H53N5O7S2Si. The van der Waals surface area contributed by atoms with Crippen LogP contribution in [0.15, 0.2) is 102 Å². The molecule has 2 saturated heterocycles. The second-order valence-corrected chi connectivity index (χ2v) is 23.9. The molecule has 15 heteroatoms. The van der Waals surface area contributed by atoms with Crippen LogP contribution in [0.1, 0.15) is 63.9 Å². The van der Waals surface area contributed by atoms with Crippen molar-refractivity contribution in [2.45, 2.75) is 93.9 Å². The van der Waals surface area contributed by atoms with Gasteiger partial charge in [0, 0.05) is 11.1 Å². The van der Waals surface area contributed by atoms with Crippen LogP contribution in [-0.2, 0) is 33.9 Å². The van der Waals surface area contributed by atoms with Crippen molar-refractivity contribution in [3.05, 3.63) is 119 Å². The Balaban J connectivity index is 1.26. The zero-order chi connectivity index (χ0) is 42.1. The first kappa shape index (κ1) is 43.0. The van der Waals surface area contributed by atoms with Crippen molar-refractivity contribution < 1.29 is 33.5 Å². The standard InChI is InChI=1S/C43H53N5O7S2Si/c1-40(2,3)55-38(51)43(52)33(25-54-58(8,9)41(4,5)6)56-27-32-35(37(50)48(32)43)45-36(49)34(47-53-7)31-26-57-39(44-31)46-42(28-19-13-10-14-20-28,29-21-15-11-16-22-29)30-23-17-12-18-24-30/h10-24,26,32-33,35,52H,25,27H2,1-9H3,(H,44,46)(H,45,49). The molecular weight excluding hydrogens is 791 g/mol. The second-order valence-electron chi connectivity index (χ2n) is 17.0. The lowest BCUT2D eigenvalue weighted by molar-refractivity contribution is -0.222. The summed E-state index contributed by atoms with van der Waals surface area (Å²) >= 11 is 2.61. The first-order valence-corrected chi connectivity index (χ1v) is 24.0. The predicted octanol–water partition coefficient (Wildman–Crippen LogP) is 6.76. The summed E-state index contributed by atoms with van der Waals surface area (Å²) in [6.07, 6.45) is 0. The Morgan fingerprint density at radius 2 is 1.47 bits per heavy atom. The highest BCUT2D eigenvalue weighted by molar-refractivity contribution is 8.00. The Labute approximate surface area is 349 Å². The van der Waals surface area contributed by atoms with E-state index in [4.69, 9.17) is 19.0 Å². The number of rotatable bonds is 13. The zero-order valence-electron chi connectivity index (χ0n) is 34.4. The maximum Gasteiger partial charge on any atom is 0.361 e. The first-order valence-electron chi connectivity index (χ1n) is 19.2. The molecule has 2 aliphatic rings. The molecule has 0 spiro atoms. The Hall–Kier alpha value is -4.54. The lowest BCUT2D eigenvalue weighted by Crippen LogP contribution is -2.83. The number of nitrogens with zero attached hydrogens (tertiary/aromatic N) is 3. The maximum absolute atomic E-state index is 14.0. The van der Waals surface area contributed by atoms with Crippen molar-refractivity contribution >= 4 is 60.0 Å². The number of ether oxygens (including phenoxy) is 1. The summed E-state index contributed by atoms with van der Waals surface area (Å²) in [5.74, 6) is -1.94. The number of hydrogen-bond donors (Lipinski definition) is 3. The van der Waals surface area contributed by atoms with Gasteiger partial charge >= 0.3 is 5.97 Å². The van der Waals surface area contributed by atoms with Crippen LogP contribution in [0.4, 0.5) is 5.13 Å². The van der Waals surface area contributed by atoms with E-state index in [1.807, 2.05) is 54.6 Å². The average Bonchev–Trinajstić information content (AvgIpc) is 3.65. The quantitative estimate of drug-likeness (QED) is 0.0329. The highest BCUT2D eigenvalue weighted by atomic mass is 32.2. The number of thiazole rings is 1. The third kappa shape index (κ3) is 8.32. The molecule has 0 saturated carbocycles. The molecule has 2 amide bonds. The van der Waals surface area contributed by atoms with Crippen molar-refractivity contribution in [1.82, 2.24) is 15.2 Å². The van der Waals surface area contributed by atoms with Crippen molar-refractivity contribution in [2.75, 3.05) is 24.8 Å². The number of amides is 2. The fourth-order valence-electron chi connectivity index (χ4n) is 6.91. The van der Waals surface area contributed by atoms with Gasteiger partial charge in [0.2, 0.25) is 5.91 Å². The normalized spacial score (nSPS) is 21.4. The molecule has 0 bridgehead atoms. The van der Waals surface area contributed by atoms with Crippen LogP contribution in [0, 0.1) is 0 Å². The molecule has 0 aliphatic carbocycles. The number of benzene rings is 3. The van der Waals surface area contributed by atoms with E-state index in [-0.39, 0.29) is 23.1 Å². The van der Waals surface area contributed by atoms with Crippen molar-refractivity contribution in [3.63, 3.8) is 0 Å². The molecule has 1 aromatic heterocycles.